The lowest BCUT2D eigenvalue weighted by atomic mass is 10.2. The molecule has 3 aromatic rings. The van der Waals surface area contributed by atoms with Crippen molar-refractivity contribution in [1.82, 2.24) is 4.98 Å². The number of rotatable bonds is 4. The fraction of sp³-hybridized carbons (Fsp3) is 0.0667. The van der Waals surface area contributed by atoms with Gasteiger partial charge in [-0.3, -0.25) is 0 Å². The zero-order chi connectivity index (χ0) is 14.8. The highest BCUT2D eigenvalue weighted by atomic mass is 35.5. The van der Waals surface area contributed by atoms with Crippen LogP contribution in [0.15, 0.2) is 42.5 Å². The van der Waals surface area contributed by atoms with Crippen molar-refractivity contribution in [2.24, 2.45) is 5.73 Å². The number of ether oxygens (including phenoxy) is 1. The number of hydrogen-bond acceptors (Lipinski definition) is 4. The monoisotopic (exact) mass is 334 g/mol. The Morgan fingerprint density at radius 1 is 1.29 bits per heavy atom. The van der Waals surface area contributed by atoms with E-state index >= 15 is 0 Å². The zero-order valence-corrected chi connectivity index (χ0v) is 13.3. The van der Waals surface area contributed by atoms with Crippen molar-refractivity contribution in [3.8, 4) is 5.75 Å². The number of fused-ring (bicyclic) bond motifs is 1. The average Bonchev–Trinajstić information content (AvgIpc) is 2.87. The van der Waals surface area contributed by atoms with E-state index in [1.807, 2.05) is 24.3 Å². The first-order valence-electron chi connectivity index (χ1n) is 6.20. The first-order chi connectivity index (χ1) is 10.1. The highest BCUT2D eigenvalue weighted by molar-refractivity contribution is 7.80. The van der Waals surface area contributed by atoms with Gasteiger partial charge in [0.2, 0.25) is 0 Å². The molecule has 2 N–H and O–H groups in total. The summed E-state index contributed by atoms with van der Waals surface area (Å²) in [6.45, 7) is 0.405. The van der Waals surface area contributed by atoms with Crippen molar-refractivity contribution in [1.29, 1.82) is 0 Å². The number of hydrogen-bond donors (Lipinski definition) is 1. The van der Waals surface area contributed by atoms with Crippen LogP contribution in [0, 0.1) is 0 Å². The van der Waals surface area contributed by atoms with E-state index in [0.29, 0.717) is 22.9 Å². The van der Waals surface area contributed by atoms with Crippen LogP contribution in [0.4, 0.5) is 0 Å². The van der Waals surface area contributed by atoms with Crippen molar-refractivity contribution < 1.29 is 4.74 Å². The third-order valence-electron chi connectivity index (χ3n) is 2.91. The van der Waals surface area contributed by atoms with E-state index in [9.17, 15) is 0 Å². The summed E-state index contributed by atoms with van der Waals surface area (Å²) in [5.74, 6) is 0.666. The number of thiazole rings is 1. The Bertz CT molecular complexity index is 783. The predicted octanol–water partition coefficient (Wildman–Crippen LogP) is 4.16. The van der Waals surface area contributed by atoms with Crippen LogP contribution < -0.4 is 10.5 Å². The number of nitrogens with two attached hydrogens (primary N) is 1. The highest BCUT2D eigenvalue weighted by Gasteiger charge is 2.07. The number of aromatic nitrogens is 1. The summed E-state index contributed by atoms with van der Waals surface area (Å²) in [5.41, 5.74) is 7.21. The lowest BCUT2D eigenvalue weighted by Crippen LogP contribution is -2.09. The second kappa shape index (κ2) is 5.97. The van der Waals surface area contributed by atoms with E-state index in [1.54, 1.807) is 29.5 Å². The van der Waals surface area contributed by atoms with Crippen LogP contribution in [-0.4, -0.2) is 9.97 Å². The third kappa shape index (κ3) is 3.15. The lowest BCUT2D eigenvalue weighted by Gasteiger charge is -2.07. The molecule has 0 aliphatic heterocycles. The molecule has 2 aromatic carbocycles. The van der Waals surface area contributed by atoms with Gasteiger partial charge < -0.3 is 10.5 Å². The zero-order valence-electron chi connectivity index (χ0n) is 10.9. The Labute approximate surface area is 136 Å². The van der Waals surface area contributed by atoms with Crippen LogP contribution in [0.1, 0.15) is 10.6 Å². The van der Waals surface area contributed by atoms with Crippen LogP contribution in [0.25, 0.3) is 10.2 Å². The summed E-state index contributed by atoms with van der Waals surface area (Å²) in [4.78, 5) is 4.79. The topological polar surface area (TPSA) is 48.1 Å². The molecule has 106 valence electrons. The fourth-order valence-electron chi connectivity index (χ4n) is 1.91. The summed E-state index contributed by atoms with van der Waals surface area (Å²) in [5, 5.41) is 1.41. The Morgan fingerprint density at radius 2 is 2.10 bits per heavy atom. The van der Waals surface area contributed by atoms with Crippen molar-refractivity contribution in [3.05, 3.63) is 58.1 Å². The Balaban J connectivity index is 1.75. The van der Waals surface area contributed by atoms with Gasteiger partial charge in [0.25, 0.3) is 0 Å². The largest absolute Gasteiger partial charge is 0.486 e. The van der Waals surface area contributed by atoms with Crippen LogP contribution in [0.3, 0.4) is 0 Å². The molecule has 0 saturated heterocycles. The number of halogens is 1. The maximum atomic E-state index is 6.11. The molecule has 21 heavy (non-hydrogen) atoms. The third-order valence-corrected chi connectivity index (χ3v) is 4.45. The second-order valence-electron chi connectivity index (χ2n) is 4.37. The minimum atomic E-state index is 0.276. The molecule has 0 bridgehead atoms. The average molecular weight is 335 g/mol. The smallest absolute Gasteiger partial charge is 0.140 e. The van der Waals surface area contributed by atoms with Gasteiger partial charge in [0, 0.05) is 5.56 Å². The van der Waals surface area contributed by atoms with Crippen molar-refractivity contribution in [2.45, 2.75) is 6.61 Å². The molecular formula is C15H11ClN2OS2. The Morgan fingerprint density at radius 3 is 2.81 bits per heavy atom. The van der Waals surface area contributed by atoms with Crippen LogP contribution in [0.2, 0.25) is 5.02 Å². The van der Waals surface area contributed by atoms with Crippen molar-refractivity contribution in [2.75, 3.05) is 0 Å². The van der Waals surface area contributed by atoms with Crippen LogP contribution in [0.5, 0.6) is 5.75 Å². The predicted molar refractivity (Wildman–Crippen MR) is 91.3 cm³/mol. The van der Waals surface area contributed by atoms with E-state index in [4.69, 9.17) is 34.3 Å². The van der Waals surface area contributed by atoms with E-state index in [1.165, 1.54) is 0 Å². The minimum Gasteiger partial charge on any atom is -0.486 e. The fourth-order valence-corrected chi connectivity index (χ4v) is 3.30. The lowest BCUT2D eigenvalue weighted by molar-refractivity contribution is 0.306. The molecule has 1 aromatic heterocycles. The molecule has 1 heterocycles. The summed E-state index contributed by atoms with van der Waals surface area (Å²) in [6, 6.07) is 13.3. The molecule has 3 nitrogen and oxygen atoms in total. The van der Waals surface area contributed by atoms with E-state index in [-0.39, 0.29) is 4.99 Å². The van der Waals surface area contributed by atoms with Crippen molar-refractivity contribution in [3.63, 3.8) is 0 Å². The van der Waals surface area contributed by atoms with Gasteiger partial charge in [-0.15, -0.1) is 11.3 Å². The molecule has 6 heteroatoms. The van der Waals surface area contributed by atoms with Gasteiger partial charge in [0.05, 0.1) is 15.2 Å². The van der Waals surface area contributed by atoms with E-state index in [0.717, 1.165) is 15.2 Å². The van der Waals surface area contributed by atoms with E-state index < -0.39 is 0 Å². The molecule has 0 atom stereocenters. The van der Waals surface area contributed by atoms with Crippen molar-refractivity contribution >= 4 is 50.4 Å². The maximum Gasteiger partial charge on any atom is 0.140 e. The standard InChI is InChI=1S/C15H11ClN2OS2/c16-11-7-9(5-6-10(11)15(17)20)19-8-14-18-12-3-1-2-4-13(12)21-14/h1-7H,8H2,(H2,17,20). The molecular weight excluding hydrogens is 324 g/mol. The van der Waals surface area contributed by atoms with Gasteiger partial charge in [-0.1, -0.05) is 36.0 Å². The number of benzene rings is 2. The summed E-state index contributed by atoms with van der Waals surface area (Å²) >= 11 is 12.6. The first-order valence-corrected chi connectivity index (χ1v) is 7.80. The van der Waals surface area contributed by atoms with Gasteiger partial charge >= 0.3 is 0 Å². The molecule has 0 spiro atoms. The molecule has 0 amide bonds. The van der Waals surface area contributed by atoms with Gasteiger partial charge in [0.15, 0.2) is 0 Å². The molecule has 0 aliphatic rings. The normalized spacial score (nSPS) is 10.7. The molecule has 3 rings (SSSR count). The number of thiocarbonyl (C=S) groups is 1. The van der Waals surface area contributed by atoms with Gasteiger partial charge in [-0.25, -0.2) is 4.98 Å². The minimum absolute atomic E-state index is 0.276. The first kappa shape index (κ1) is 14.3. The highest BCUT2D eigenvalue weighted by Crippen LogP contribution is 2.25. The quantitative estimate of drug-likeness (QED) is 0.728. The molecule has 0 radical (unpaired) electrons. The van der Waals surface area contributed by atoms with E-state index in [2.05, 4.69) is 4.98 Å². The number of para-hydroxylation sites is 1. The SMILES string of the molecule is NC(=S)c1ccc(OCc2nc3ccccc3s2)cc1Cl. The van der Waals surface area contributed by atoms with Gasteiger partial charge in [-0.05, 0) is 30.3 Å². The summed E-state index contributed by atoms with van der Waals surface area (Å²) < 4.78 is 6.87. The Hall–Kier alpha value is -1.69. The Kier molecular flexibility index (Phi) is 4.05. The summed E-state index contributed by atoms with van der Waals surface area (Å²) in [6.07, 6.45) is 0. The van der Waals surface area contributed by atoms with Gasteiger partial charge in [0.1, 0.15) is 22.4 Å². The number of nitrogens with zero attached hydrogens (tertiary/aromatic N) is 1. The summed E-state index contributed by atoms with van der Waals surface area (Å²) in [7, 11) is 0. The second-order valence-corrected chi connectivity index (χ2v) is 6.33. The molecule has 0 unspecified atom stereocenters. The van der Waals surface area contributed by atoms with Crippen LogP contribution in [-0.2, 0) is 6.61 Å². The molecule has 0 fully saturated rings. The van der Waals surface area contributed by atoms with Gasteiger partial charge in [-0.2, -0.15) is 0 Å². The maximum absolute atomic E-state index is 6.11. The molecule has 0 aliphatic carbocycles. The molecule has 0 saturated carbocycles. The van der Waals surface area contributed by atoms with Crippen LogP contribution >= 0.6 is 35.2 Å².